The molecule has 4 heteroatoms. The van der Waals surface area contributed by atoms with E-state index in [1.165, 1.54) is 6.07 Å². The normalized spacial score (nSPS) is 25.4. The van der Waals surface area contributed by atoms with E-state index in [0.29, 0.717) is 17.9 Å². The van der Waals surface area contributed by atoms with Crippen molar-refractivity contribution in [1.82, 2.24) is 0 Å². The first-order chi connectivity index (χ1) is 9.51. The lowest BCUT2D eigenvalue weighted by Crippen LogP contribution is -2.19. The minimum Gasteiger partial charge on any atom is -0.258 e. The van der Waals surface area contributed by atoms with Crippen LogP contribution in [0.1, 0.15) is 43.7 Å². The van der Waals surface area contributed by atoms with Crippen molar-refractivity contribution in [2.45, 2.75) is 46.0 Å². The maximum atomic E-state index is 11.0. The van der Waals surface area contributed by atoms with Gasteiger partial charge in [-0.2, -0.15) is 5.26 Å². The highest BCUT2D eigenvalue weighted by Crippen LogP contribution is 2.45. The van der Waals surface area contributed by atoms with Crippen LogP contribution in [0.2, 0.25) is 0 Å². The summed E-state index contributed by atoms with van der Waals surface area (Å²) < 4.78 is 0. The Kier molecular flexibility index (Phi) is 4.08. The predicted molar refractivity (Wildman–Crippen MR) is 77.2 cm³/mol. The van der Waals surface area contributed by atoms with Gasteiger partial charge in [0.2, 0.25) is 0 Å². The third kappa shape index (κ3) is 2.67. The number of nitro groups is 1. The standard InChI is InChI=1S/C16H20N2O2/c1-3-13-7-8-16(9-13,11-17)10-14-5-4-6-15(12(14)2)18(19)20/h4-6,13H,3,7-10H2,1-2H3. The highest BCUT2D eigenvalue weighted by atomic mass is 16.6. The van der Waals surface area contributed by atoms with Crippen molar-refractivity contribution in [2.75, 3.05) is 0 Å². The molecule has 0 spiro atoms. The summed E-state index contributed by atoms with van der Waals surface area (Å²) in [5, 5.41) is 20.6. The SMILES string of the molecule is CCC1CCC(C#N)(Cc2cccc([N+](=O)[O-])c2C)C1. The van der Waals surface area contributed by atoms with Crippen LogP contribution in [0.5, 0.6) is 0 Å². The van der Waals surface area contributed by atoms with Crippen molar-refractivity contribution in [3.63, 3.8) is 0 Å². The Bertz CT molecular complexity index is 562. The molecule has 2 atom stereocenters. The van der Waals surface area contributed by atoms with E-state index in [1.807, 2.05) is 6.07 Å². The molecule has 0 bridgehead atoms. The van der Waals surface area contributed by atoms with Gasteiger partial charge < -0.3 is 0 Å². The van der Waals surface area contributed by atoms with Gasteiger partial charge in [-0.3, -0.25) is 10.1 Å². The molecule has 1 aliphatic carbocycles. The van der Waals surface area contributed by atoms with Gasteiger partial charge >= 0.3 is 0 Å². The summed E-state index contributed by atoms with van der Waals surface area (Å²) in [4.78, 5) is 10.7. The largest absolute Gasteiger partial charge is 0.272 e. The van der Waals surface area contributed by atoms with Crippen LogP contribution in [0.15, 0.2) is 18.2 Å². The Morgan fingerprint density at radius 2 is 2.30 bits per heavy atom. The van der Waals surface area contributed by atoms with Crippen molar-refractivity contribution in [3.8, 4) is 6.07 Å². The lowest BCUT2D eigenvalue weighted by molar-refractivity contribution is -0.385. The quantitative estimate of drug-likeness (QED) is 0.610. The van der Waals surface area contributed by atoms with Crippen LogP contribution in [-0.2, 0) is 6.42 Å². The average Bonchev–Trinajstić information content (AvgIpc) is 2.85. The van der Waals surface area contributed by atoms with Gasteiger partial charge in [-0.25, -0.2) is 0 Å². The molecule has 1 aromatic rings. The fraction of sp³-hybridized carbons (Fsp3) is 0.562. The van der Waals surface area contributed by atoms with Gasteiger partial charge in [-0.15, -0.1) is 0 Å². The lowest BCUT2D eigenvalue weighted by atomic mass is 9.79. The molecule has 0 N–H and O–H groups in total. The third-order valence-corrected chi connectivity index (χ3v) is 4.67. The lowest BCUT2D eigenvalue weighted by Gasteiger charge is -2.22. The fourth-order valence-electron chi connectivity index (χ4n) is 3.31. The Morgan fingerprint density at radius 3 is 2.85 bits per heavy atom. The van der Waals surface area contributed by atoms with Gasteiger partial charge in [0.25, 0.3) is 5.69 Å². The molecule has 0 aliphatic heterocycles. The monoisotopic (exact) mass is 272 g/mol. The van der Waals surface area contributed by atoms with Crippen LogP contribution >= 0.6 is 0 Å². The van der Waals surface area contributed by atoms with Gasteiger partial charge in [-0.1, -0.05) is 25.5 Å². The van der Waals surface area contributed by atoms with Gasteiger partial charge in [0, 0.05) is 11.6 Å². The van der Waals surface area contributed by atoms with Crippen molar-refractivity contribution in [3.05, 3.63) is 39.4 Å². The number of benzene rings is 1. The van der Waals surface area contributed by atoms with Crippen LogP contribution in [0.3, 0.4) is 0 Å². The summed E-state index contributed by atoms with van der Waals surface area (Å²) in [6.07, 6.45) is 4.66. The van der Waals surface area contributed by atoms with E-state index in [2.05, 4.69) is 13.0 Å². The predicted octanol–water partition coefficient (Wildman–Crippen LogP) is 4.17. The number of rotatable bonds is 4. The molecule has 0 aromatic heterocycles. The van der Waals surface area contributed by atoms with Crippen molar-refractivity contribution in [1.29, 1.82) is 5.26 Å². The van der Waals surface area contributed by atoms with Gasteiger partial charge in [0.05, 0.1) is 16.4 Å². The van der Waals surface area contributed by atoms with Crippen LogP contribution < -0.4 is 0 Å². The molecule has 106 valence electrons. The number of hydrogen-bond donors (Lipinski definition) is 0. The van der Waals surface area contributed by atoms with Gasteiger partial charge in [0.1, 0.15) is 0 Å². The van der Waals surface area contributed by atoms with E-state index < -0.39 is 0 Å². The Hall–Kier alpha value is -1.89. The summed E-state index contributed by atoms with van der Waals surface area (Å²) in [5.41, 5.74) is 1.46. The zero-order valence-corrected chi connectivity index (χ0v) is 12.1. The molecule has 1 aliphatic rings. The Labute approximate surface area is 119 Å². The molecule has 1 fully saturated rings. The number of nitro benzene ring substituents is 1. The molecule has 2 unspecified atom stereocenters. The van der Waals surface area contributed by atoms with E-state index in [9.17, 15) is 15.4 Å². The second kappa shape index (κ2) is 5.62. The molecule has 2 rings (SSSR count). The van der Waals surface area contributed by atoms with Crippen molar-refractivity contribution < 1.29 is 4.92 Å². The van der Waals surface area contributed by atoms with Gasteiger partial charge in [-0.05, 0) is 44.1 Å². The van der Waals surface area contributed by atoms with E-state index in [-0.39, 0.29) is 16.0 Å². The van der Waals surface area contributed by atoms with Crippen molar-refractivity contribution in [2.24, 2.45) is 11.3 Å². The number of nitrogens with zero attached hydrogens (tertiary/aromatic N) is 2. The molecule has 0 amide bonds. The fourth-order valence-corrected chi connectivity index (χ4v) is 3.31. The smallest absolute Gasteiger partial charge is 0.258 e. The molecule has 0 heterocycles. The second-order valence-electron chi connectivity index (χ2n) is 5.90. The third-order valence-electron chi connectivity index (χ3n) is 4.67. The molecule has 1 aromatic carbocycles. The summed E-state index contributed by atoms with van der Waals surface area (Å²) >= 11 is 0. The first kappa shape index (κ1) is 14.5. The van der Waals surface area contributed by atoms with E-state index >= 15 is 0 Å². The summed E-state index contributed by atoms with van der Waals surface area (Å²) in [6, 6.07) is 7.66. The molecule has 20 heavy (non-hydrogen) atoms. The molecule has 1 saturated carbocycles. The maximum Gasteiger partial charge on any atom is 0.272 e. The maximum absolute atomic E-state index is 11.0. The van der Waals surface area contributed by atoms with E-state index in [1.54, 1.807) is 13.0 Å². The second-order valence-corrected chi connectivity index (χ2v) is 5.90. The van der Waals surface area contributed by atoms with Crippen LogP contribution in [0, 0.1) is 39.7 Å². The van der Waals surface area contributed by atoms with Gasteiger partial charge in [0.15, 0.2) is 0 Å². The average molecular weight is 272 g/mol. The summed E-state index contributed by atoms with van der Waals surface area (Å²) in [7, 11) is 0. The number of nitriles is 1. The molecular weight excluding hydrogens is 252 g/mol. The molecule has 0 saturated heterocycles. The minimum atomic E-state index is -0.346. The molecular formula is C16H20N2O2. The summed E-state index contributed by atoms with van der Waals surface area (Å²) in [6.45, 7) is 3.95. The first-order valence-corrected chi connectivity index (χ1v) is 7.15. The van der Waals surface area contributed by atoms with E-state index in [4.69, 9.17) is 0 Å². The van der Waals surface area contributed by atoms with Crippen LogP contribution in [0.4, 0.5) is 5.69 Å². The Morgan fingerprint density at radius 1 is 1.55 bits per heavy atom. The first-order valence-electron chi connectivity index (χ1n) is 7.15. The zero-order valence-electron chi connectivity index (χ0n) is 12.1. The summed E-state index contributed by atoms with van der Waals surface area (Å²) in [5.74, 6) is 0.619. The van der Waals surface area contributed by atoms with Crippen LogP contribution in [0.25, 0.3) is 0 Å². The molecule has 0 radical (unpaired) electrons. The highest BCUT2D eigenvalue weighted by Gasteiger charge is 2.39. The topological polar surface area (TPSA) is 66.9 Å². The van der Waals surface area contributed by atoms with E-state index in [0.717, 1.165) is 31.2 Å². The number of hydrogen-bond acceptors (Lipinski definition) is 3. The van der Waals surface area contributed by atoms with Crippen molar-refractivity contribution >= 4 is 5.69 Å². The highest BCUT2D eigenvalue weighted by molar-refractivity contribution is 5.45. The molecule has 4 nitrogen and oxygen atoms in total. The van der Waals surface area contributed by atoms with Crippen LogP contribution in [-0.4, -0.2) is 4.92 Å². The zero-order chi connectivity index (χ0) is 14.8. The minimum absolute atomic E-state index is 0.153. The Balaban J connectivity index is 2.28.